The first kappa shape index (κ1) is 15.2. The fourth-order valence-corrected chi connectivity index (χ4v) is 2.95. The first-order valence-corrected chi connectivity index (χ1v) is 7.60. The molecule has 0 spiro atoms. The van der Waals surface area contributed by atoms with Crippen LogP contribution >= 0.6 is 23.4 Å². The third-order valence-electron chi connectivity index (χ3n) is 2.85. The van der Waals surface area contributed by atoms with Gasteiger partial charge in [-0.3, -0.25) is 4.57 Å². The van der Waals surface area contributed by atoms with E-state index in [4.69, 9.17) is 17.3 Å². The Bertz CT molecular complexity index is 650. The van der Waals surface area contributed by atoms with Gasteiger partial charge in [0, 0.05) is 17.5 Å². The highest BCUT2D eigenvalue weighted by Crippen LogP contribution is 2.33. The predicted molar refractivity (Wildman–Crippen MR) is 81.3 cm³/mol. The van der Waals surface area contributed by atoms with Gasteiger partial charge in [-0.25, -0.2) is 9.89 Å². The van der Waals surface area contributed by atoms with Gasteiger partial charge in [0.1, 0.15) is 0 Å². The minimum absolute atomic E-state index is 0.0600. The van der Waals surface area contributed by atoms with Crippen LogP contribution in [0.1, 0.15) is 31.9 Å². The van der Waals surface area contributed by atoms with Crippen molar-refractivity contribution in [3.63, 3.8) is 0 Å². The molecule has 2 aromatic rings. The van der Waals surface area contributed by atoms with Gasteiger partial charge in [0.25, 0.3) is 0 Å². The maximum absolute atomic E-state index is 11.6. The standard InChI is InChI=1S/C13H17ClN4OS/c1-3-6-18-12(19)16-17-13(18)20-11-5-4-9(8(2)15)7-10(11)14/h4-5,7-8H,3,6,15H2,1-2H3,(H,16,19)/t8-/m0/s1. The Kier molecular flexibility index (Phi) is 4.91. The smallest absolute Gasteiger partial charge is 0.324 e. The third-order valence-corrected chi connectivity index (χ3v) is 4.35. The van der Waals surface area contributed by atoms with Crippen LogP contribution in [0.25, 0.3) is 0 Å². The quantitative estimate of drug-likeness (QED) is 0.890. The predicted octanol–water partition coefficient (Wildman–Crippen LogP) is 2.81. The second-order valence-electron chi connectivity index (χ2n) is 4.54. The highest BCUT2D eigenvalue weighted by atomic mass is 35.5. The molecule has 0 fully saturated rings. The molecule has 20 heavy (non-hydrogen) atoms. The van der Waals surface area contributed by atoms with E-state index in [0.29, 0.717) is 16.7 Å². The summed E-state index contributed by atoms with van der Waals surface area (Å²) < 4.78 is 1.61. The lowest BCUT2D eigenvalue weighted by Gasteiger charge is -2.09. The summed E-state index contributed by atoms with van der Waals surface area (Å²) in [5, 5.41) is 7.73. The molecule has 0 aliphatic rings. The number of halogens is 1. The normalized spacial score (nSPS) is 12.6. The van der Waals surface area contributed by atoms with Crippen LogP contribution < -0.4 is 11.4 Å². The molecular formula is C13H17ClN4OS. The fraction of sp³-hybridized carbons (Fsp3) is 0.385. The Morgan fingerprint density at radius 1 is 1.55 bits per heavy atom. The number of nitrogens with one attached hydrogen (secondary N) is 1. The van der Waals surface area contributed by atoms with E-state index in [-0.39, 0.29) is 11.7 Å². The lowest BCUT2D eigenvalue weighted by atomic mass is 10.1. The van der Waals surface area contributed by atoms with E-state index in [9.17, 15) is 4.79 Å². The second kappa shape index (κ2) is 6.47. The average Bonchev–Trinajstić information content (AvgIpc) is 2.74. The van der Waals surface area contributed by atoms with Crippen LogP contribution in [0, 0.1) is 0 Å². The lowest BCUT2D eigenvalue weighted by Crippen LogP contribution is -2.17. The minimum atomic E-state index is -0.197. The molecule has 1 heterocycles. The van der Waals surface area contributed by atoms with Crippen molar-refractivity contribution in [3.05, 3.63) is 39.3 Å². The van der Waals surface area contributed by atoms with E-state index >= 15 is 0 Å². The van der Waals surface area contributed by atoms with Crippen molar-refractivity contribution >= 4 is 23.4 Å². The number of aromatic nitrogens is 3. The summed E-state index contributed by atoms with van der Waals surface area (Å²) in [6.07, 6.45) is 0.865. The van der Waals surface area contributed by atoms with Gasteiger partial charge in [-0.1, -0.05) is 24.6 Å². The number of nitrogens with two attached hydrogens (primary N) is 1. The largest absolute Gasteiger partial charge is 0.343 e. The lowest BCUT2D eigenvalue weighted by molar-refractivity contribution is 0.604. The molecule has 1 aromatic heterocycles. The molecule has 0 unspecified atom stereocenters. The van der Waals surface area contributed by atoms with E-state index in [1.165, 1.54) is 11.8 Å². The van der Waals surface area contributed by atoms with Crippen LogP contribution in [0.15, 0.2) is 33.0 Å². The van der Waals surface area contributed by atoms with E-state index in [0.717, 1.165) is 16.9 Å². The number of aromatic amines is 1. The summed E-state index contributed by atoms with van der Waals surface area (Å²) in [4.78, 5) is 12.5. The molecule has 2 rings (SSSR count). The molecule has 0 saturated carbocycles. The zero-order chi connectivity index (χ0) is 14.7. The SMILES string of the molecule is CCCn1c(Sc2ccc([C@H](C)N)cc2Cl)n[nH]c1=O. The third kappa shape index (κ3) is 3.26. The van der Waals surface area contributed by atoms with Crippen LogP contribution in [0.2, 0.25) is 5.02 Å². The second-order valence-corrected chi connectivity index (χ2v) is 5.96. The zero-order valence-electron chi connectivity index (χ0n) is 11.4. The van der Waals surface area contributed by atoms with Crippen LogP contribution in [0.4, 0.5) is 0 Å². The van der Waals surface area contributed by atoms with Gasteiger partial charge in [-0.2, -0.15) is 0 Å². The van der Waals surface area contributed by atoms with Crippen LogP contribution in [0.3, 0.4) is 0 Å². The van der Waals surface area contributed by atoms with Crippen LogP contribution in [-0.2, 0) is 6.54 Å². The highest BCUT2D eigenvalue weighted by molar-refractivity contribution is 7.99. The molecule has 5 nitrogen and oxygen atoms in total. The molecule has 7 heteroatoms. The molecule has 1 aromatic carbocycles. The van der Waals surface area contributed by atoms with Gasteiger partial charge in [0.05, 0.1) is 5.02 Å². The summed E-state index contributed by atoms with van der Waals surface area (Å²) in [6.45, 7) is 4.55. The van der Waals surface area contributed by atoms with Crippen LogP contribution in [-0.4, -0.2) is 14.8 Å². The van der Waals surface area contributed by atoms with Crippen molar-refractivity contribution in [1.29, 1.82) is 0 Å². The number of hydrogen-bond donors (Lipinski definition) is 2. The Morgan fingerprint density at radius 3 is 2.90 bits per heavy atom. The molecule has 108 valence electrons. The Balaban J connectivity index is 2.28. The highest BCUT2D eigenvalue weighted by Gasteiger charge is 2.12. The van der Waals surface area contributed by atoms with E-state index in [2.05, 4.69) is 10.2 Å². The van der Waals surface area contributed by atoms with Crippen LogP contribution in [0.5, 0.6) is 0 Å². The molecule has 3 N–H and O–H groups in total. The first-order chi connectivity index (χ1) is 9.52. The Labute approximate surface area is 126 Å². The van der Waals surface area contributed by atoms with E-state index < -0.39 is 0 Å². The summed E-state index contributed by atoms with van der Waals surface area (Å²) in [5.74, 6) is 0. The van der Waals surface area contributed by atoms with Gasteiger partial charge >= 0.3 is 5.69 Å². The maximum Gasteiger partial charge on any atom is 0.343 e. The molecule has 0 saturated heterocycles. The van der Waals surface area contributed by atoms with E-state index in [1.807, 2.05) is 32.0 Å². The van der Waals surface area contributed by atoms with Gasteiger partial charge in [-0.05, 0) is 42.8 Å². The molecular weight excluding hydrogens is 296 g/mol. The van der Waals surface area contributed by atoms with Crippen molar-refractivity contribution in [2.75, 3.05) is 0 Å². The minimum Gasteiger partial charge on any atom is -0.324 e. The molecule has 0 amide bonds. The van der Waals surface area contributed by atoms with Gasteiger partial charge in [0.2, 0.25) is 0 Å². The number of rotatable bonds is 5. The summed E-state index contributed by atoms with van der Waals surface area (Å²) in [7, 11) is 0. The summed E-state index contributed by atoms with van der Waals surface area (Å²) in [6, 6.07) is 5.63. The average molecular weight is 313 g/mol. The van der Waals surface area contributed by atoms with Gasteiger partial charge < -0.3 is 5.73 Å². The number of nitrogens with zero attached hydrogens (tertiary/aromatic N) is 2. The summed E-state index contributed by atoms with van der Waals surface area (Å²) >= 11 is 7.63. The van der Waals surface area contributed by atoms with Crippen molar-refractivity contribution in [2.24, 2.45) is 5.73 Å². The first-order valence-electron chi connectivity index (χ1n) is 6.41. The van der Waals surface area contributed by atoms with Crippen molar-refractivity contribution in [3.8, 4) is 0 Å². The molecule has 0 aliphatic carbocycles. The molecule has 1 atom stereocenters. The Morgan fingerprint density at radius 2 is 2.30 bits per heavy atom. The number of H-pyrrole nitrogens is 1. The summed E-state index contributed by atoms with van der Waals surface area (Å²) in [5.41, 5.74) is 6.61. The maximum atomic E-state index is 11.6. The number of benzene rings is 1. The zero-order valence-corrected chi connectivity index (χ0v) is 13.0. The van der Waals surface area contributed by atoms with Crippen molar-refractivity contribution < 1.29 is 0 Å². The monoisotopic (exact) mass is 312 g/mol. The van der Waals surface area contributed by atoms with Crippen molar-refractivity contribution in [1.82, 2.24) is 14.8 Å². The molecule has 0 bridgehead atoms. The van der Waals surface area contributed by atoms with Gasteiger partial charge in [0.15, 0.2) is 5.16 Å². The molecule has 0 radical (unpaired) electrons. The number of hydrogen-bond acceptors (Lipinski definition) is 4. The van der Waals surface area contributed by atoms with Gasteiger partial charge in [-0.15, -0.1) is 5.10 Å². The van der Waals surface area contributed by atoms with E-state index in [1.54, 1.807) is 4.57 Å². The topological polar surface area (TPSA) is 76.7 Å². The molecule has 0 aliphatic heterocycles. The Hall–Kier alpha value is -1.24. The fourth-order valence-electron chi connectivity index (χ4n) is 1.78. The van der Waals surface area contributed by atoms with Crippen molar-refractivity contribution in [2.45, 2.75) is 42.9 Å².